The van der Waals surface area contributed by atoms with Gasteiger partial charge in [-0.25, -0.2) is 4.98 Å². The standard InChI is InChI=1S/C23H24N2O3S/c26-23(16-9-11-17(12-10-16)28-15-18-5-4-14-27-18)25-13-3-7-20(25)22-24-19-6-1-2-8-21(19)29-22/h1-2,6,8-12,18,20H,3-5,7,13-15H2/t18-,20-/m0/s1. The fourth-order valence-corrected chi connectivity index (χ4v) is 5.24. The number of aromatic nitrogens is 1. The molecule has 3 aromatic rings. The number of hydrogen-bond donors (Lipinski definition) is 0. The molecule has 2 aliphatic rings. The van der Waals surface area contributed by atoms with Gasteiger partial charge in [0.1, 0.15) is 17.4 Å². The average Bonchev–Trinajstić information content (AvgIpc) is 3.52. The fraction of sp³-hybridized carbons (Fsp3) is 0.391. The summed E-state index contributed by atoms with van der Waals surface area (Å²) >= 11 is 1.70. The summed E-state index contributed by atoms with van der Waals surface area (Å²) in [6.07, 6.45) is 4.32. The zero-order valence-corrected chi connectivity index (χ0v) is 17.1. The number of ether oxygens (including phenoxy) is 2. The molecule has 2 saturated heterocycles. The Morgan fingerprint density at radius 1 is 1.14 bits per heavy atom. The Balaban J connectivity index is 1.28. The number of carbonyl (C=O) groups is 1. The van der Waals surface area contributed by atoms with Crippen molar-refractivity contribution in [2.75, 3.05) is 19.8 Å². The van der Waals surface area contributed by atoms with E-state index in [1.807, 2.05) is 47.4 Å². The van der Waals surface area contributed by atoms with E-state index in [0.29, 0.717) is 12.2 Å². The predicted octanol–water partition coefficient (Wildman–Crippen LogP) is 4.83. The summed E-state index contributed by atoms with van der Waals surface area (Å²) in [5.74, 6) is 0.846. The summed E-state index contributed by atoms with van der Waals surface area (Å²) in [6.45, 7) is 2.17. The summed E-state index contributed by atoms with van der Waals surface area (Å²) in [5.41, 5.74) is 1.71. The highest BCUT2D eigenvalue weighted by atomic mass is 32.1. The monoisotopic (exact) mass is 408 g/mol. The molecule has 1 aromatic heterocycles. The number of thiazole rings is 1. The molecule has 3 heterocycles. The molecule has 2 aliphatic heterocycles. The van der Waals surface area contributed by atoms with Crippen molar-refractivity contribution in [2.24, 2.45) is 0 Å². The molecular weight excluding hydrogens is 384 g/mol. The van der Waals surface area contributed by atoms with Gasteiger partial charge in [-0.15, -0.1) is 11.3 Å². The lowest BCUT2D eigenvalue weighted by Gasteiger charge is -2.23. The molecule has 2 fully saturated rings. The van der Waals surface area contributed by atoms with Crippen molar-refractivity contribution in [1.82, 2.24) is 9.88 Å². The number of amides is 1. The van der Waals surface area contributed by atoms with Crippen molar-refractivity contribution < 1.29 is 14.3 Å². The minimum Gasteiger partial charge on any atom is -0.491 e. The number of carbonyl (C=O) groups excluding carboxylic acids is 1. The normalized spacial score (nSPS) is 21.7. The summed E-state index contributed by atoms with van der Waals surface area (Å²) in [7, 11) is 0. The number of hydrogen-bond acceptors (Lipinski definition) is 5. The van der Waals surface area contributed by atoms with Gasteiger partial charge in [-0.05, 0) is 62.1 Å². The molecule has 29 heavy (non-hydrogen) atoms. The second-order valence-corrected chi connectivity index (χ2v) is 8.71. The molecule has 0 bridgehead atoms. The van der Waals surface area contributed by atoms with Crippen molar-refractivity contribution in [3.8, 4) is 5.75 Å². The smallest absolute Gasteiger partial charge is 0.254 e. The highest BCUT2D eigenvalue weighted by Crippen LogP contribution is 2.37. The Bertz CT molecular complexity index is 962. The number of benzene rings is 2. The van der Waals surface area contributed by atoms with Crippen LogP contribution >= 0.6 is 11.3 Å². The highest BCUT2D eigenvalue weighted by Gasteiger charge is 2.32. The lowest BCUT2D eigenvalue weighted by Crippen LogP contribution is -2.30. The molecule has 1 amide bonds. The molecule has 0 spiro atoms. The SMILES string of the molecule is O=C(c1ccc(OC[C@@H]2CCCO2)cc1)N1CCC[C@H]1c1nc2ccccc2s1. The van der Waals surface area contributed by atoms with Crippen LogP contribution in [0.5, 0.6) is 5.75 Å². The largest absolute Gasteiger partial charge is 0.491 e. The number of fused-ring (bicyclic) bond motifs is 1. The Hall–Kier alpha value is -2.44. The number of likely N-dealkylation sites (tertiary alicyclic amines) is 1. The van der Waals surface area contributed by atoms with E-state index < -0.39 is 0 Å². The van der Waals surface area contributed by atoms with Crippen molar-refractivity contribution in [3.05, 3.63) is 59.1 Å². The molecule has 0 radical (unpaired) electrons. The maximum atomic E-state index is 13.2. The highest BCUT2D eigenvalue weighted by molar-refractivity contribution is 7.18. The van der Waals surface area contributed by atoms with Crippen LogP contribution in [0.1, 0.15) is 47.1 Å². The molecule has 150 valence electrons. The predicted molar refractivity (Wildman–Crippen MR) is 114 cm³/mol. The minimum absolute atomic E-state index is 0.0651. The second kappa shape index (κ2) is 8.13. The van der Waals surface area contributed by atoms with E-state index in [4.69, 9.17) is 14.5 Å². The molecule has 6 heteroatoms. The van der Waals surface area contributed by atoms with Gasteiger partial charge in [-0.2, -0.15) is 0 Å². The van der Waals surface area contributed by atoms with Crippen molar-refractivity contribution in [3.63, 3.8) is 0 Å². The third-order valence-electron chi connectivity index (χ3n) is 5.67. The van der Waals surface area contributed by atoms with Crippen LogP contribution < -0.4 is 4.74 Å². The van der Waals surface area contributed by atoms with Gasteiger partial charge in [-0.3, -0.25) is 4.79 Å². The summed E-state index contributed by atoms with van der Waals surface area (Å²) in [6, 6.07) is 15.7. The van der Waals surface area contributed by atoms with Gasteiger partial charge in [0.2, 0.25) is 0 Å². The molecule has 0 saturated carbocycles. The van der Waals surface area contributed by atoms with Crippen molar-refractivity contribution in [1.29, 1.82) is 0 Å². The molecule has 0 aliphatic carbocycles. The van der Waals surface area contributed by atoms with Gasteiger partial charge in [0.15, 0.2) is 0 Å². The van der Waals surface area contributed by atoms with Gasteiger partial charge in [0.25, 0.3) is 5.91 Å². The number of rotatable bonds is 5. The molecule has 2 atom stereocenters. The molecule has 0 N–H and O–H groups in total. The topological polar surface area (TPSA) is 51.7 Å². The Labute approximate surface area is 174 Å². The average molecular weight is 409 g/mol. The fourth-order valence-electron chi connectivity index (χ4n) is 4.12. The third kappa shape index (κ3) is 3.87. The van der Waals surface area contributed by atoms with Crippen LogP contribution in [0.2, 0.25) is 0 Å². The first-order valence-electron chi connectivity index (χ1n) is 10.3. The van der Waals surface area contributed by atoms with E-state index in [1.165, 1.54) is 4.70 Å². The second-order valence-electron chi connectivity index (χ2n) is 7.65. The summed E-state index contributed by atoms with van der Waals surface area (Å²) in [5, 5.41) is 1.04. The molecule has 5 nitrogen and oxygen atoms in total. The van der Waals surface area contributed by atoms with Gasteiger partial charge in [0.05, 0.1) is 22.4 Å². The maximum Gasteiger partial charge on any atom is 0.254 e. The van der Waals surface area contributed by atoms with E-state index in [-0.39, 0.29) is 18.1 Å². The van der Waals surface area contributed by atoms with E-state index >= 15 is 0 Å². The number of nitrogens with zero attached hydrogens (tertiary/aromatic N) is 2. The van der Waals surface area contributed by atoms with Gasteiger partial charge < -0.3 is 14.4 Å². The molecule has 2 aromatic carbocycles. The first-order valence-corrected chi connectivity index (χ1v) is 11.1. The Morgan fingerprint density at radius 3 is 2.79 bits per heavy atom. The summed E-state index contributed by atoms with van der Waals surface area (Å²) < 4.78 is 12.6. The van der Waals surface area contributed by atoms with Crippen molar-refractivity contribution >= 4 is 27.5 Å². The van der Waals surface area contributed by atoms with Gasteiger partial charge in [0, 0.05) is 18.7 Å². The van der Waals surface area contributed by atoms with Crippen LogP contribution in [0.15, 0.2) is 48.5 Å². The first-order chi connectivity index (χ1) is 14.3. The first kappa shape index (κ1) is 18.6. The van der Waals surface area contributed by atoms with Gasteiger partial charge in [-0.1, -0.05) is 12.1 Å². The Morgan fingerprint density at radius 2 is 2.00 bits per heavy atom. The Kier molecular flexibility index (Phi) is 5.21. The van der Waals surface area contributed by atoms with E-state index in [2.05, 4.69) is 6.07 Å². The zero-order chi connectivity index (χ0) is 19.6. The molecular formula is C23H24N2O3S. The lowest BCUT2D eigenvalue weighted by atomic mass is 10.1. The van der Waals surface area contributed by atoms with Crippen LogP contribution in [0.25, 0.3) is 10.2 Å². The lowest BCUT2D eigenvalue weighted by molar-refractivity contribution is 0.0678. The summed E-state index contributed by atoms with van der Waals surface area (Å²) in [4.78, 5) is 19.9. The van der Waals surface area contributed by atoms with E-state index in [9.17, 15) is 4.79 Å². The molecule has 0 unspecified atom stereocenters. The van der Waals surface area contributed by atoms with Crippen LogP contribution in [0.4, 0.5) is 0 Å². The van der Waals surface area contributed by atoms with Crippen molar-refractivity contribution in [2.45, 2.75) is 37.8 Å². The van der Waals surface area contributed by atoms with Crippen LogP contribution in [0.3, 0.4) is 0 Å². The van der Waals surface area contributed by atoms with Crippen LogP contribution in [-0.2, 0) is 4.74 Å². The van der Waals surface area contributed by atoms with Crippen LogP contribution in [0, 0.1) is 0 Å². The zero-order valence-electron chi connectivity index (χ0n) is 16.3. The molecule has 5 rings (SSSR count). The van der Waals surface area contributed by atoms with E-state index in [1.54, 1.807) is 11.3 Å². The number of para-hydroxylation sites is 1. The minimum atomic E-state index is 0.0651. The van der Waals surface area contributed by atoms with Crippen LogP contribution in [-0.4, -0.2) is 41.7 Å². The maximum absolute atomic E-state index is 13.2. The third-order valence-corrected chi connectivity index (χ3v) is 6.81. The quantitative estimate of drug-likeness (QED) is 0.607. The van der Waals surface area contributed by atoms with E-state index in [0.717, 1.165) is 55.1 Å². The van der Waals surface area contributed by atoms with Gasteiger partial charge >= 0.3 is 0 Å².